The van der Waals surface area contributed by atoms with Crippen molar-refractivity contribution < 1.29 is 49.5 Å². The highest BCUT2D eigenvalue weighted by Gasteiger charge is 2.38. The molecule has 14 heteroatoms. The first-order valence-electron chi connectivity index (χ1n) is 14.4. The number of nitrogens with zero attached hydrogens (tertiary/aromatic N) is 2. The van der Waals surface area contributed by atoms with Gasteiger partial charge in [0.15, 0.2) is 5.43 Å². The van der Waals surface area contributed by atoms with E-state index in [0.717, 1.165) is 21.9 Å². The molecular weight excluding hydrogens is 637 g/mol. The largest absolute Gasteiger partial charge is 0.464 e. The van der Waals surface area contributed by atoms with E-state index in [4.69, 9.17) is 9.15 Å². The van der Waals surface area contributed by atoms with Gasteiger partial charge in [-0.2, -0.15) is 26.3 Å². The minimum atomic E-state index is -5.20. The molecule has 0 N–H and O–H groups in total. The van der Waals surface area contributed by atoms with Gasteiger partial charge in [0.1, 0.15) is 17.9 Å². The van der Waals surface area contributed by atoms with Crippen LogP contribution in [0.15, 0.2) is 82.2 Å². The number of ether oxygens (including phenoxy) is 1. The highest BCUT2D eigenvalue weighted by Crippen LogP contribution is 2.36. The Bertz CT molecular complexity index is 1780. The van der Waals surface area contributed by atoms with E-state index < -0.39 is 64.8 Å². The molecule has 0 bridgehead atoms. The van der Waals surface area contributed by atoms with Crippen molar-refractivity contribution >= 4 is 22.8 Å². The van der Waals surface area contributed by atoms with Crippen LogP contribution in [0.3, 0.4) is 0 Å². The standard InChI is InChI=1S/C33H27F7N2O5/c34-25-9-7-20(8-10-25)15-41(16-22-19-47-28-6-2-1-5-27(28)30(22)44)29(43)18-42(17-26-4-3-11-46-26)31(45)21-12-23(32(35,36)37)14-24(13-21)33(38,39)40/h1-2,5-10,12-14,19,26H,3-4,11,15-18H2. The summed E-state index contributed by atoms with van der Waals surface area (Å²) in [7, 11) is 0. The Morgan fingerprint density at radius 1 is 0.851 bits per heavy atom. The molecule has 1 aliphatic rings. The van der Waals surface area contributed by atoms with Crippen molar-refractivity contribution in [2.45, 2.75) is 44.4 Å². The first-order chi connectivity index (χ1) is 22.2. The van der Waals surface area contributed by atoms with Crippen LogP contribution in [0.4, 0.5) is 30.7 Å². The first kappa shape index (κ1) is 33.6. The summed E-state index contributed by atoms with van der Waals surface area (Å²) in [6.45, 7) is -1.29. The third-order valence-electron chi connectivity index (χ3n) is 7.65. The second-order valence-electron chi connectivity index (χ2n) is 11.1. The molecule has 2 heterocycles. The fourth-order valence-electron chi connectivity index (χ4n) is 5.25. The number of alkyl halides is 6. The Balaban J connectivity index is 1.50. The lowest BCUT2D eigenvalue weighted by Crippen LogP contribution is -2.45. The number of carbonyl (C=O) groups is 2. The molecule has 5 rings (SSSR count). The lowest BCUT2D eigenvalue weighted by atomic mass is 10.0. The van der Waals surface area contributed by atoms with Crippen molar-refractivity contribution in [2.24, 2.45) is 0 Å². The van der Waals surface area contributed by atoms with E-state index in [1.165, 1.54) is 24.5 Å². The maximum Gasteiger partial charge on any atom is 0.416 e. The normalized spacial score (nSPS) is 15.2. The van der Waals surface area contributed by atoms with Crippen LogP contribution in [0, 0.1) is 5.82 Å². The van der Waals surface area contributed by atoms with Gasteiger partial charge in [-0.25, -0.2) is 4.39 Å². The van der Waals surface area contributed by atoms with Gasteiger partial charge < -0.3 is 19.0 Å². The van der Waals surface area contributed by atoms with Crippen molar-refractivity contribution in [3.63, 3.8) is 0 Å². The van der Waals surface area contributed by atoms with Crippen molar-refractivity contribution in [3.8, 4) is 0 Å². The molecule has 0 saturated carbocycles. The monoisotopic (exact) mass is 664 g/mol. The molecule has 7 nitrogen and oxygen atoms in total. The zero-order valence-corrected chi connectivity index (χ0v) is 24.5. The molecule has 1 atom stereocenters. The van der Waals surface area contributed by atoms with Crippen LogP contribution in [0.1, 0.15) is 45.5 Å². The van der Waals surface area contributed by atoms with Crippen molar-refractivity contribution in [2.75, 3.05) is 19.7 Å². The third-order valence-corrected chi connectivity index (χ3v) is 7.65. The van der Waals surface area contributed by atoms with Gasteiger partial charge in [0.05, 0.1) is 41.0 Å². The Morgan fingerprint density at radius 2 is 1.51 bits per heavy atom. The number of rotatable bonds is 9. The second-order valence-corrected chi connectivity index (χ2v) is 11.1. The van der Waals surface area contributed by atoms with Crippen molar-refractivity contribution in [3.05, 3.63) is 117 Å². The molecule has 1 aromatic heterocycles. The molecule has 1 saturated heterocycles. The number of carbonyl (C=O) groups excluding carboxylic acids is 2. The van der Waals surface area contributed by atoms with E-state index in [-0.39, 0.29) is 36.7 Å². The fourth-order valence-corrected chi connectivity index (χ4v) is 5.25. The topological polar surface area (TPSA) is 80.1 Å². The van der Waals surface area contributed by atoms with Crippen LogP contribution in [0.2, 0.25) is 0 Å². The lowest BCUT2D eigenvalue weighted by Gasteiger charge is -2.29. The van der Waals surface area contributed by atoms with Crippen molar-refractivity contribution in [1.82, 2.24) is 9.80 Å². The molecule has 0 radical (unpaired) electrons. The average molecular weight is 665 g/mol. The van der Waals surface area contributed by atoms with Crippen molar-refractivity contribution in [1.29, 1.82) is 0 Å². The molecule has 1 aliphatic heterocycles. The summed E-state index contributed by atoms with van der Waals surface area (Å²) in [6, 6.07) is 12.0. The van der Waals surface area contributed by atoms with Gasteiger partial charge in [-0.15, -0.1) is 0 Å². The summed E-state index contributed by atoms with van der Waals surface area (Å²) in [5, 5.41) is 0.236. The van der Waals surface area contributed by atoms with Gasteiger partial charge >= 0.3 is 12.4 Å². The molecule has 1 fully saturated rings. The van der Waals surface area contributed by atoms with Gasteiger partial charge in [-0.3, -0.25) is 14.4 Å². The van der Waals surface area contributed by atoms with E-state index in [1.807, 2.05) is 0 Å². The number of benzene rings is 3. The smallest absolute Gasteiger partial charge is 0.416 e. The zero-order chi connectivity index (χ0) is 33.9. The maximum atomic E-state index is 13.9. The molecule has 1 unspecified atom stereocenters. The zero-order valence-electron chi connectivity index (χ0n) is 24.5. The lowest BCUT2D eigenvalue weighted by molar-refractivity contribution is -0.143. The SMILES string of the molecule is O=C(CN(CC1CCCO1)C(=O)c1cc(C(F)(F)F)cc(C(F)(F)F)c1)N(Cc1ccc(F)cc1)Cc1coc2ccccc2c1=O. The van der Waals surface area contributed by atoms with Gasteiger partial charge in [0.25, 0.3) is 5.91 Å². The Hall–Kier alpha value is -4.72. The Morgan fingerprint density at radius 3 is 2.13 bits per heavy atom. The fraction of sp³-hybridized carbons (Fsp3) is 0.303. The summed E-state index contributed by atoms with van der Waals surface area (Å²) in [5.74, 6) is -2.59. The third kappa shape index (κ3) is 8.17. The average Bonchev–Trinajstić information content (AvgIpc) is 3.54. The van der Waals surface area contributed by atoms with Gasteiger partial charge in [0.2, 0.25) is 5.91 Å². The molecule has 0 aliphatic carbocycles. The molecule has 2 amide bonds. The summed E-state index contributed by atoms with van der Waals surface area (Å²) >= 11 is 0. The summed E-state index contributed by atoms with van der Waals surface area (Å²) in [4.78, 5) is 42.8. The van der Waals surface area contributed by atoms with E-state index in [0.29, 0.717) is 42.7 Å². The number of amides is 2. The molecule has 0 spiro atoms. The van der Waals surface area contributed by atoms with E-state index >= 15 is 0 Å². The molecule has 3 aromatic carbocycles. The van der Waals surface area contributed by atoms with Crippen LogP contribution in [-0.2, 0) is 35.0 Å². The predicted octanol–water partition coefficient (Wildman–Crippen LogP) is 6.82. The minimum absolute atomic E-state index is 0.0591. The maximum absolute atomic E-state index is 13.9. The molecule has 4 aromatic rings. The summed E-state index contributed by atoms with van der Waals surface area (Å²) in [6.07, 6.45) is -8.82. The molecular formula is C33H27F7N2O5. The summed E-state index contributed by atoms with van der Waals surface area (Å²) in [5.41, 5.74) is -3.93. The number of halogens is 7. The van der Waals surface area contributed by atoms with Gasteiger partial charge in [-0.05, 0) is 60.9 Å². The number of para-hydroxylation sites is 1. The quantitative estimate of drug-likeness (QED) is 0.184. The van der Waals surface area contributed by atoms with E-state index in [1.54, 1.807) is 18.2 Å². The molecule has 248 valence electrons. The Labute approximate surface area is 263 Å². The Kier molecular flexibility index (Phi) is 9.70. The number of hydrogen-bond donors (Lipinski definition) is 0. The van der Waals surface area contributed by atoms with Crippen LogP contribution in [-0.4, -0.2) is 47.4 Å². The highest BCUT2D eigenvalue weighted by atomic mass is 19.4. The minimum Gasteiger partial charge on any atom is -0.464 e. The van der Waals surface area contributed by atoms with Gasteiger partial charge in [0, 0.05) is 25.3 Å². The summed E-state index contributed by atoms with van der Waals surface area (Å²) < 4.78 is 106. The van der Waals surface area contributed by atoms with Gasteiger partial charge in [-0.1, -0.05) is 24.3 Å². The van der Waals surface area contributed by atoms with E-state index in [2.05, 4.69) is 0 Å². The molecule has 47 heavy (non-hydrogen) atoms. The van der Waals surface area contributed by atoms with Crippen LogP contribution < -0.4 is 5.43 Å². The van der Waals surface area contributed by atoms with E-state index in [9.17, 15) is 45.1 Å². The first-order valence-corrected chi connectivity index (χ1v) is 14.4. The second kappa shape index (κ2) is 13.6. The van der Waals surface area contributed by atoms with Crippen LogP contribution in [0.5, 0.6) is 0 Å². The number of fused-ring (bicyclic) bond motifs is 1. The highest BCUT2D eigenvalue weighted by molar-refractivity contribution is 5.97. The predicted molar refractivity (Wildman–Crippen MR) is 154 cm³/mol. The number of hydrogen-bond acceptors (Lipinski definition) is 5. The van der Waals surface area contributed by atoms with Crippen LogP contribution >= 0.6 is 0 Å². The van der Waals surface area contributed by atoms with Crippen LogP contribution in [0.25, 0.3) is 11.0 Å².